The van der Waals surface area contributed by atoms with E-state index in [2.05, 4.69) is 0 Å². The van der Waals surface area contributed by atoms with Crippen molar-refractivity contribution < 1.29 is 18.9 Å². The molecule has 4 heteroatoms. The average molecular weight is 244 g/mol. The predicted octanol–water partition coefficient (Wildman–Crippen LogP) is 2.12. The van der Waals surface area contributed by atoms with Crippen LogP contribution in [0.3, 0.4) is 0 Å². The second kappa shape index (κ2) is 8.03. The lowest BCUT2D eigenvalue weighted by molar-refractivity contribution is -0.164. The van der Waals surface area contributed by atoms with Gasteiger partial charge in [-0.05, 0) is 38.5 Å². The van der Waals surface area contributed by atoms with E-state index in [4.69, 9.17) is 18.9 Å². The normalized spacial score (nSPS) is 28.2. The Labute approximate surface area is 104 Å². The Balaban J connectivity index is 1.31. The Hall–Kier alpha value is -0.160. The smallest absolute Gasteiger partial charge is 0.157 e. The molecule has 2 unspecified atom stereocenters. The van der Waals surface area contributed by atoms with Crippen LogP contribution in [0.1, 0.15) is 38.5 Å². The molecular formula is C13H24O4. The topological polar surface area (TPSA) is 40.2 Å². The van der Waals surface area contributed by atoms with E-state index < -0.39 is 0 Å². The van der Waals surface area contributed by atoms with Crippen molar-refractivity contribution in [3.63, 3.8) is 0 Å². The van der Waals surface area contributed by atoms with Crippen LogP contribution in [0, 0.1) is 0 Å². The maximum Gasteiger partial charge on any atom is 0.157 e. The zero-order valence-electron chi connectivity index (χ0n) is 10.6. The second-order valence-electron chi connectivity index (χ2n) is 4.73. The van der Waals surface area contributed by atoms with Crippen molar-refractivity contribution in [3.8, 4) is 0 Å². The van der Waals surface area contributed by atoms with Gasteiger partial charge in [0.15, 0.2) is 6.29 Å². The van der Waals surface area contributed by atoms with Gasteiger partial charge in [-0.25, -0.2) is 0 Å². The number of ether oxygens (including phenoxy) is 4. The Morgan fingerprint density at radius 3 is 2.65 bits per heavy atom. The Bertz CT molecular complexity index is 188. The van der Waals surface area contributed by atoms with Crippen molar-refractivity contribution in [2.45, 2.75) is 50.9 Å². The fraction of sp³-hybridized carbons (Fsp3) is 1.00. The highest BCUT2D eigenvalue weighted by Crippen LogP contribution is 2.15. The highest BCUT2D eigenvalue weighted by Gasteiger charge is 2.21. The molecule has 2 rings (SSSR count). The number of rotatable bonds is 9. The van der Waals surface area contributed by atoms with Gasteiger partial charge in [0.05, 0.1) is 19.3 Å². The molecule has 0 aromatic carbocycles. The average Bonchev–Trinajstić information content (AvgIpc) is 3.18. The Morgan fingerprint density at radius 1 is 1.00 bits per heavy atom. The van der Waals surface area contributed by atoms with Gasteiger partial charge in [0, 0.05) is 19.8 Å². The Kier molecular flexibility index (Phi) is 6.27. The summed E-state index contributed by atoms with van der Waals surface area (Å²) in [6, 6.07) is 0. The molecular weight excluding hydrogens is 220 g/mol. The van der Waals surface area contributed by atoms with E-state index in [9.17, 15) is 0 Å². The van der Waals surface area contributed by atoms with E-state index in [0.29, 0.717) is 6.10 Å². The molecule has 0 aliphatic carbocycles. The maximum absolute atomic E-state index is 5.62. The SMILES string of the molecule is C1CCC(OCCCOCCCC2CO2)OC1. The van der Waals surface area contributed by atoms with Crippen molar-refractivity contribution in [1.82, 2.24) is 0 Å². The number of epoxide rings is 1. The van der Waals surface area contributed by atoms with Crippen molar-refractivity contribution in [2.24, 2.45) is 0 Å². The summed E-state index contributed by atoms with van der Waals surface area (Å²) >= 11 is 0. The standard InChI is InChI=1S/C13H24O4/c1-2-9-15-13(6-1)16-10-4-8-14-7-3-5-12-11-17-12/h12-13H,1-11H2. The Morgan fingerprint density at radius 2 is 1.88 bits per heavy atom. The molecule has 0 aromatic heterocycles. The van der Waals surface area contributed by atoms with Crippen LogP contribution < -0.4 is 0 Å². The number of hydrogen-bond donors (Lipinski definition) is 0. The molecule has 100 valence electrons. The lowest BCUT2D eigenvalue weighted by atomic mass is 10.2. The maximum atomic E-state index is 5.62. The van der Waals surface area contributed by atoms with Crippen molar-refractivity contribution in [1.29, 1.82) is 0 Å². The molecule has 0 spiro atoms. The third-order valence-electron chi connectivity index (χ3n) is 3.09. The van der Waals surface area contributed by atoms with Gasteiger partial charge >= 0.3 is 0 Å². The summed E-state index contributed by atoms with van der Waals surface area (Å²) in [5.74, 6) is 0. The van der Waals surface area contributed by atoms with Crippen LogP contribution in [0.25, 0.3) is 0 Å². The van der Waals surface area contributed by atoms with Crippen LogP contribution >= 0.6 is 0 Å². The largest absolute Gasteiger partial charge is 0.381 e. The van der Waals surface area contributed by atoms with Gasteiger partial charge in [-0.15, -0.1) is 0 Å². The quantitative estimate of drug-likeness (QED) is 0.460. The first-order chi connectivity index (χ1) is 8.45. The van der Waals surface area contributed by atoms with Crippen molar-refractivity contribution >= 4 is 0 Å². The van der Waals surface area contributed by atoms with Crippen LogP contribution in [-0.4, -0.2) is 45.4 Å². The van der Waals surface area contributed by atoms with Crippen LogP contribution in [0.15, 0.2) is 0 Å². The molecule has 17 heavy (non-hydrogen) atoms. The van der Waals surface area contributed by atoms with Gasteiger partial charge in [-0.3, -0.25) is 0 Å². The van der Waals surface area contributed by atoms with E-state index in [1.165, 1.54) is 12.8 Å². The fourth-order valence-corrected chi connectivity index (χ4v) is 1.97. The molecule has 0 bridgehead atoms. The first kappa shape index (κ1) is 13.3. The van der Waals surface area contributed by atoms with Crippen LogP contribution in [0.5, 0.6) is 0 Å². The van der Waals surface area contributed by atoms with Crippen molar-refractivity contribution in [3.05, 3.63) is 0 Å². The minimum atomic E-state index is 0.0377. The lowest BCUT2D eigenvalue weighted by Crippen LogP contribution is -2.23. The molecule has 2 aliphatic rings. The van der Waals surface area contributed by atoms with Crippen LogP contribution in [-0.2, 0) is 18.9 Å². The molecule has 0 saturated carbocycles. The lowest BCUT2D eigenvalue weighted by Gasteiger charge is -2.22. The summed E-state index contributed by atoms with van der Waals surface area (Å²) < 4.78 is 21.8. The van der Waals surface area contributed by atoms with E-state index in [0.717, 1.165) is 58.7 Å². The van der Waals surface area contributed by atoms with Gasteiger partial charge in [0.2, 0.25) is 0 Å². The zero-order valence-corrected chi connectivity index (χ0v) is 10.6. The highest BCUT2D eigenvalue weighted by molar-refractivity contribution is 4.67. The monoisotopic (exact) mass is 244 g/mol. The van der Waals surface area contributed by atoms with Crippen LogP contribution in [0.2, 0.25) is 0 Å². The van der Waals surface area contributed by atoms with Crippen molar-refractivity contribution in [2.75, 3.05) is 33.0 Å². The molecule has 0 N–H and O–H groups in total. The molecule has 0 amide bonds. The molecule has 2 fully saturated rings. The highest BCUT2D eigenvalue weighted by atomic mass is 16.7. The van der Waals surface area contributed by atoms with Gasteiger partial charge in [0.25, 0.3) is 0 Å². The second-order valence-corrected chi connectivity index (χ2v) is 4.73. The summed E-state index contributed by atoms with van der Waals surface area (Å²) in [5, 5.41) is 0. The first-order valence-corrected chi connectivity index (χ1v) is 6.88. The summed E-state index contributed by atoms with van der Waals surface area (Å²) in [5.41, 5.74) is 0. The fourth-order valence-electron chi connectivity index (χ4n) is 1.97. The van der Waals surface area contributed by atoms with E-state index >= 15 is 0 Å². The van der Waals surface area contributed by atoms with Gasteiger partial charge < -0.3 is 18.9 Å². The molecule has 0 aromatic rings. The molecule has 4 nitrogen and oxygen atoms in total. The van der Waals surface area contributed by atoms with E-state index in [1.807, 2.05) is 0 Å². The molecule has 2 saturated heterocycles. The summed E-state index contributed by atoms with van der Waals surface area (Å²) in [4.78, 5) is 0. The molecule has 2 heterocycles. The summed E-state index contributed by atoms with van der Waals surface area (Å²) in [6.45, 7) is 4.19. The van der Waals surface area contributed by atoms with E-state index in [-0.39, 0.29) is 6.29 Å². The third kappa shape index (κ3) is 6.36. The van der Waals surface area contributed by atoms with Gasteiger partial charge in [-0.2, -0.15) is 0 Å². The number of hydrogen-bond acceptors (Lipinski definition) is 4. The molecule has 2 aliphatic heterocycles. The van der Waals surface area contributed by atoms with Crippen LogP contribution in [0.4, 0.5) is 0 Å². The molecule has 0 radical (unpaired) electrons. The summed E-state index contributed by atoms with van der Waals surface area (Å²) in [7, 11) is 0. The summed E-state index contributed by atoms with van der Waals surface area (Å²) in [6.07, 6.45) is 7.23. The predicted molar refractivity (Wildman–Crippen MR) is 64.0 cm³/mol. The zero-order chi connectivity index (χ0) is 11.8. The van der Waals surface area contributed by atoms with Gasteiger partial charge in [-0.1, -0.05) is 0 Å². The minimum absolute atomic E-state index is 0.0377. The minimum Gasteiger partial charge on any atom is -0.381 e. The third-order valence-corrected chi connectivity index (χ3v) is 3.09. The van der Waals surface area contributed by atoms with E-state index in [1.54, 1.807) is 0 Å². The van der Waals surface area contributed by atoms with Gasteiger partial charge in [0.1, 0.15) is 0 Å². The molecule has 2 atom stereocenters. The first-order valence-electron chi connectivity index (χ1n) is 6.88.